The first kappa shape index (κ1) is 31.0. The second-order valence-electron chi connectivity index (χ2n) is 11.3. The van der Waals surface area contributed by atoms with Gasteiger partial charge in [-0.15, -0.1) is 0 Å². The summed E-state index contributed by atoms with van der Waals surface area (Å²) in [7, 11) is 0. The zero-order valence-corrected chi connectivity index (χ0v) is 22.9. The van der Waals surface area contributed by atoms with E-state index in [9.17, 15) is 0 Å². The summed E-state index contributed by atoms with van der Waals surface area (Å²) in [5.41, 5.74) is 6.06. The summed E-state index contributed by atoms with van der Waals surface area (Å²) in [6.07, 6.45) is 25.4. The predicted octanol–water partition coefficient (Wildman–Crippen LogP) is 10.2. The maximum Gasteiger partial charge on any atom is -0.00489 e. The highest BCUT2D eigenvalue weighted by Crippen LogP contribution is 2.32. The van der Waals surface area contributed by atoms with Crippen molar-refractivity contribution in [3.05, 3.63) is 0 Å². The molecule has 0 aliphatic rings. The van der Waals surface area contributed by atoms with Gasteiger partial charge >= 0.3 is 0 Å². The molecule has 0 spiro atoms. The molecule has 0 aromatic rings. The van der Waals surface area contributed by atoms with E-state index in [0.717, 1.165) is 36.1 Å². The van der Waals surface area contributed by atoms with Crippen LogP contribution < -0.4 is 5.73 Å². The van der Waals surface area contributed by atoms with Crippen molar-refractivity contribution in [1.29, 1.82) is 0 Å². The van der Waals surface area contributed by atoms with Gasteiger partial charge in [0.1, 0.15) is 0 Å². The molecule has 0 saturated carbocycles. The molecule has 31 heavy (non-hydrogen) atoms. The van der Waals surface area contributed by atoms with E-state index in [4.69, 9.17) is 5.73 Å². The largest absolute Gasteiger partial charge is 0.330 e. The lowest BCUT2D eigenvalue weighted by Gasteiger charge is -2.28. The molecule has 0 aromatic carbocycles. The average molecular weight is 438 g/mol. The monoisotopic (exact) mass is 437 g/mol. The SMILES string of the molecule is CCCCCC(CN)CCC[C@@H](CC)[C@H](CC)CC(C)CCCCCCCCC(C)C. The van der Waals surface area contributed by atoms with Crippen LogP contribution in [0.3, 0.4) is 0 Å². The molecule has 0 aliphatic carbocycles. The van der Waals surface area contributed by atoms with Crippen molar-refractivity contribution in [2.24, 2.45) is 35.3 Å². The van der Waals surface area contributed by atoms with E-state index in [1.807, 2.05) is 0 Å². The summed E-state index contributed by atoms with van der Waals surface area (Å²) in [4.78, 5) is 0. The van der Waals surface area contributed by atoms with Gasteiger partial charge in [0, 0.05) is 0 Å². The number of unbranched alkanes of at least 4 members (excludes halogenated alkanes) is 7. The fourth-order valence-electron chi connectivity index (χ4n) is 5.58. The van der Waals surface area contributed by atoms with Crippen LogP contribution in [0.2, 0.25) is 0 Å². The normalized spacial score (nSPS) is 15.9. The third-order valence-corrected chi connectivity index (χ3v) is 7.89. The van der Waals surface area contributed by atoms with Crippen LogP contribution in [0.5, 0.6) is 0 Å². The fraction of sp³-hybridized carbons (Fsp3) is 1.00. The Bertz CT molecular complexity index is 350. The molecular weight excluding hydrogens is 374 g/mol. The fourth-order valence-corrected chi connectivity index (χ4v) is 5.58. The molecule has 1 heteroatoms. The number of hydrogen-bond donors (Lipinski definition) is 1. The predicted molar refractivity (Wildman–Crippen MR) is 144 cm³/mol. The molecule has 188 valence electrons. The van der Waals surface area contributed by atoms with Crippen LogP contribution in [-0.4, -0.2) is 6.54 Å². The second kappa shape index (κ2) is 21.8. The van der Waals surface area contributed by atoms with E-state index in [1.54, 1.807) is 0 Å². The van der Waals surface area contributed by atoms with Gasteiger partial charge in [-0.25, -0.2) is 0 Å². The van der Waals surface area contributed by atoms with Gasteiger partial charge in [-0.05, 0) is 55.4 Å². The summed E-state index contributed by atoms with van der Waals surface area (Å²) >= 11 is 0. The van der Waals surface area contributed by atoms with Crippen LogP contribution in [0.4, 0.5) is 0 Å². The van der Waals surface area contributed by atoms with Gasteiger partial charge in [0.2, 0.25) is 0 Å². The van der Waals surface area contributed by atoms with Crippen molar-refractivity contribution < 1.29 is 0 Å². The van der Waals surface area contributed by atoms with Crippen molar-refractivity contribution in [2.45, 2.75) is 157 Å². The lowest BCUT2D eigenvalue weighted by Crippen LogP contribution is -2.18. The Hall–Kier alpha value is -0.0400. The van der Waals surface area contributed by atoms with Crippen LogP contribution in [0.25, 0.3) is 0 Å². The van der Waals surface area contributed by atoms with Crippen molar-refractivity contribution in [2.75, 3.05) is 6.54 Å². The first-order valence-electron chi connectivity index (χ1n) is 14.7. The van der Waals surface area contributed by atoms with Crippen molar-refractivity contribution >= 4 is 0 Å². The highest BCUT2D eigenvalue weighted by molar-refractivity contribution is 4.72. The first-order valence-corrected chi connectivity index (χ1v) is 14.7. The van der Waals surface area contributed by atoms with E-state index in [-0.39, 0.29) is 0 Å². The molecule has 0 amide bonds. The van der Waals surface area contributed by atoms with Gasteiger partial charge < -0.3 is 5.73 Å². The third-order valence-electron chi connectivity index (χ3n) is 7.89. The second-order valence-corrected chi connectivity index (χ2v) is 11.3. The van der Waals surface area contributed by atoms with Crippen LogP contribution in [-0.2, 0) is 0 Å². The molecule has 2 unspecified atom stereocenters. The Kier molecular flexibility index (Phi) is 21.8. The Balaban J connectivity index is 4.04. The topological polar surface area (TPSA) is 26.0 Å². The molecule has 0 fully saturated rings. The van der Waals surface area contributed by atoms with E-state index >= 15 is 0 Å². The molecule has 4 atom stereocenters. The standard InChI is InChI=1S/C30H63N/c1-7-10-15-21-28(25-31)22-18-23-29(8-2)30(9-3)24-27(6)20-17-14-12-11-13-16-19-26(4)5/h26-30H,7-25,31H2,1-6H3/t27?,28?,29-,30-/m1/s1. The number of rotatable bonds is 23. The maximum absolute atomic E-state index is 6.06. The summed E-state index contributed by atoms with van der Waals surface area (Å²) < 4.78 is 0. The van der Waals surface area contributed by atoms with E-state index in [1.165, 1.54) is 116 Å². The molecule has 0 radical (unpaired) electrons. The van der Waals surface area contributed by atoms with Crippen molar-refractivity contribution in [3.63, 3.8) is 0 Å². The van der Waals surface area contributed by atoms with Crippen LogP contribution in [0, 0.1) is 29.6 Å². The summed E-state index contributed by atoms with van der Waals surface area (Å²) in [5, 5.41) is 0. The Morgan fingerprint density at radius 1 is 0.548 bits per heavy atom. The molecular formula is C30H63N. The van der Waals surface area contributed by atoms with E-state index < -0.39 is 0 Å². The van der Waals surface area contributed by atoms with Gasteiger partial charge in [-0.3, -0.25) is 0 Å². The van der Waals surface area contributed by atoms with Gasteiger partial charge in [-0.2, -0.15) is 0 Å². The summed E-state index contributed by atoms with van der Waals surface area (Å²) in [6, 6.07) is 0. The van der Waals surface area contributed by atoms with Gasteiger partial charge in [0.15, 0.2) is 0 Å². The van der Waals surface area contributed by atoms with Gasteiger partial charge in [0.05, 0.1) is 0 Å². The summed E-state index contributed by atoms with van der Waals surface area (Å²) in [5.74, 6) is 4.43. The number of hydrogen-bond acceptors (Lipinski definition) is 1. The van der Waals surface area contributed by atoms with Gasteiger partial charge in [-0.1, -0.05) is 138 Å². The van der Waals surface area contributed by atoms with E-state index in [2.05, 4.69) is 41.5 Å². The molecule has 0 aromatic heterocycles. The lowest BCUT2D eigenvalue weighted by molar-refractivity contribution is 0.229. The third kappa shape index (κ3) is 18.1. The highest BCUT2D eigenvalue weighted by Gasteiger charge is 2.21. The minimum absolute atomic E-state index is 0.772. The molecule has 0 aliphatic heterocycles. The highest BCUT2D eigenvalue weighted by atomic mass is 14.5. The van der Waals surface area contributed by atoms with Crippen LogP contribution in [0.1, 0.15) is 157 Å². The maximum atomic E-state index is 6.06. The zero-order valence-electron chi connectivity index (χ0n) is 22.9. The Morgan fingerprint density at radius 3 is 1.65 bits per heavy atom. The lowest BCUT2D eigenvalue weighted by atomic mass is 9.77. The average Bonchev–Trinajstić information content (AvgIpc) is 2.75. The minimum atomic E-state index is 0.772. The molecule has 0 saturated heterocycles. The molecule has 1 nitrogen and oxygen atoms in total. The van der Waals surface area contributed by atoms with Gasteiger partial charge in [0.25, 0.3) is 0 Å². The van der Waals surface area contributed by atoms with Crippen molar-refractivity contribution in [1.82, 2.24) is 0 Å². The number of nitrogens with two attached hydrogens (primary N) is 1. The smallest absolute Gasteiger partial charge is 0.00489 e. The Labute approximate surface area is 199 Å². The molecule has 0 bridgehead atoms. The van der Waals surface area contributed by atoms with Crippen LogP contribution in [0.15, 0.2) is 0 Å². The first-order chi connectivity index (χ1) is 15.0. The minimum Gasteiger partial charge on any atom is -0.330 e. The van der Waals surface area contributed by atoms with Crippen LogP contribution >= 0.6 is 0 Å². The molecule has 2 N–H and O–H groups in total. The van der Waals surface area contributed by atoms with Crippen molar-refractivity contribution in [3.8, 4) is 0 Å². The summed E-state index contributed by atoms with van der Waals surface area (Å²) in [6.45, 7) is 15.3. The quantitative estimate of drug-likeness (QED) is 0.158. The molecule has 0 heterocycles. The zero-order chi connectivity index (χ0) is 23.3. The molecule has 0 rings (SSSR count). The Morgan fingerprint density at radius 2 is 1.10 bits per heavy atom. The van der Waals surface area contributed by atoms with E-state index in [0.29, 0.717) is 0 Å².